The highest BCUT2D eigenvalue weighted by Gasteiger charge is 2.01. The van der Waals surface area contributed by atoms with E-state index in [2.05, 4.69) is 18.8 Å². The Morgan fingerprint density at radius 3 is 2.71 bits per heavy atom. The molecule has 2 nitrogen and oxygen atoms in total. The average Bonchev–Trinajstić information content (AvgIpc) is 2.14. The van der Waals surface area contributed by atoms with Crippen LogP contribution in [0, 0.1) is 12.8 Å². The van der Waals surface area contributed by atoms with Gasteiger partial charge in [-0.15, -0.1) is 11.6 Å². The smallest absolute Gasteiger partial charge is 0.213 e. The van der Waals surface area contributed by atoms with Crippen LogP contribution in [0.3, 0.4) is 0 Å². The molecule has 1 aromatic rings. The van der Waals surface area contributed by atoms with E-state index in [1.54, 1.807) is 0 Å². The molecule has 0 aliphatic rings. The van der Waals surface area contributed by atoms with E-state index in [0.717, 1.165) is 11.3 Å². The van der Waals surface area contributed by atoms with E-state index in [4.69, 9.17) is 16.3 Å². The summed E-state index contributed by atoms with van der Waals surface area (Å²) in [5.41, 5.74) is 2.00. The van der Waals surface area contributed by atoms with Crippen molar-refractivity contribution in [2.75, 3.05) is 6.61 Å². The van der Waals surface area contributed by atoms with Crippen molar-refractivity contribution < 1.29 is 4.74 Å². The monoisotopic (exact) mass is 213 g/mol. The van der Waals surface area contributed by atoms with Crippen LogP contribution in [0.25, 0.3) is 0 Å². The molecule has 0 aliphatic heterocycles. The summed E-state index contributed by atoms with van der Waals surface area (Å²) in [6, 6.07) is 3.86. The third kappa shape index (κ3) is 3.54. The third-order valence-corrected chi connectivity index (χ3v) is 2.02. The molecule has 0 aromatic carbocycles. The van der Waals surface area contributed by atoms with Crippen molar-refractivity contribution in [1.82, 2.24) is 4.98 Å². The molecular weight excluding hydrogens is 198 g/mol. The van der Waals surface area contributed by atoms with Gasteiger partial charge in [0, 0.05) is 17.6 Å². The fourth-order valence-electron chi connectivity index (χ4n) is 1.11. The third-order valence-electron chi connectivity index (χ3n) is 1.71. The standard InChI is InChI=1S/C11H16ClNO/c1-8(2)7-14-11-5-10(6-12)4-9(3)13-11/h4-5,8H,6-7H2,1-3H3. The van der Waals surface area contributed by atoms with Gasteiger partial charge in [0.1, 0.15) is 0 Å². The van der Waals surface area contributed by atoms with Crippen LogP contribution in [0.15, 0.2) is 12.1 Å². The summed E-state index contributed by atoms with van der Waals surface area (Å²) in [6.07, 6.45) is 0. The lowest BCUT2D eigenvalue weighted by Gasteiger charge is -2.09. The molecule has 0 aliphatic carbocycles. The molecule has 0 amide bonds. The van der Waals surface area contributed by atoms with E-state index in [1.807, 2.05) is 19.1 Å². The first-order valence-electron chi connectivity index (χ1n) is 4.78. The van der Waals surface area contributed by atoms with Crippen LogP contribution in [0.1, 0.15) is 25.1 Å². The van der Waals surface area contributed by atoms with Gasteiger partial charge in [-0.2, -0.15) is 0 Å². The van der Waals surface area contributed by atoms with Crippen LogP contribution in [-0.4, -0.2) is 11.6 Å². The number of halogens is 1. The van der Waals surface area contributed by atoms with Crippen LogP contribution < -0.4 is 4.74 Å². The maximum atomic E-state index is 5.75. The van der Waals surface area contributed by atoms with E-state index >= 15 is 0 Å². The Morgan fingerprint density at radius 2 is 2.14 bits per heavy atom. The highest BCUT2D eigenvalue weighted by atomic mass is 35.5. The van der Waals surface area contributed by atoms with Crippen molar-refractivity contribution in [1.29, 1.82) is 0 Å². The summed E-state index contributed by atoms with van der Waals surface area (Å²) in [6.45, 7) is 6.85. The zero-order chi connectivity index (χ0) is 10.6. The Hall–Kier alpha value is -0.760. The summed E-state index contributed by atoms with van der Waals surface area (Å²) in [5, 5.41) is 0. The molecule has 1 rings (SSSR count). The minimum Gasteiger partial charge on any atom is -0.477 e. The van der Waals surface area contributed by atoms with Gasteiger partial charge < -0.3 is 4.74 Å². The molecular formula is C11H16ClNO. The van der Waals surface area contributed by atoms with E-state index < -0.39 is 0 Å². The highest BCUT2D eigenvalue weighted by Crippen LogP contribution is 2.14. The molecule has 0 N–H and O–H groups in total. The van der Waals surface area contributed by atoms with Gasteiger partial charge in [-0.1, -0.05) is 13.8 Å². The Balaban J connectivity index is 2.71. The number of alkyl halides is 1. The van der Waals surface area contributed by atoms with Crippen LogP contribution in [0.5, 0.6) is 5.88 Å². The molecule has 14 heavy (non-hydrogen) atoms. The van der Waals surface area contributed by atoms with E-state index in [1.165, 1.54) is 0 Å². The summed E-state index contributed by atoms with van der Waals surface area (Å²) in [4.78, 5) is 4.27. The second kappa shape index (κ2) is 5.20. The van der Waals surface area contributed by atoms with Gasteiger partial charge in [0.05, 0.1) is 6.61 Å². The number of hydrogen-bond acceptors (Lipinski definition) is 2. The van der Waals surface area contributed by atoms with Crippen molar-refractivity contribution in [2.45, 2.75) is 26.7 Å². The fourth-order valence-corrected chi connectivity index (χ4v) is 1.26. The quantitative estimate of drug-likeness (QED) is 0.717. The van der Waals surface area contributed by atoms with Crippen molar-refractivity contribution >= 4 is 11.6 Å². The number of aryl methyl sites for hydroxylation is 1. The Labute approximate surface area is 90.3 Å². The van der Waals surface area contributed by atoms with E-state index in [-0.39, 0.29) is 0 Å². The average molecular weight is 214 g/mol. The molecule has 0 spiro atoms. The molecule has 78 valence electrons. The van der Waals surface area contributed by atoms with Gasteiger partial charge >= 0.3 is 0 Å². The zero-order valence-electron chi connectivity index (χ0n) is 8.88. The van der Waals surface area contributed by atoms with Gasteiger partial charge in [-0.3, -0.25) is 0 Å². The topological polar surface area (TPSA) is 22.1 Å². The Kier molecular flexibility index (Phi) is 4.21. The van der Waals surface area contributed by atoms with E-state index in [0.29, 0.717) is 24.3 Å². The minimum absolute atomic E-state index is 0.501. The Bertz CT molecular complexity index is 299. The molecule has 0 fully saturated rings. The van der Waals surface area contributed by atoms with E-state index in [9.17, 15) is 0 Å². The van der Waals surface area contributed by atoms with Crippen LogP contribution in [-0.2, 0) is 5.88 Å². The maximum absolute atomic E-state index is 5.75. The molecule has 0 radical (unpaired) electrons. The van der Waals surface area contributed by atoms with Crippen LogP contribution in [0.2, 0.25) is 0 Å². The Morgan fingerprint density at radius 1 is 1.43 bits per heavy atom. The summed E-state index contributed by atoms with van der Waals surface area (Å²) in [7, 11) is 0. The first-order chi connectivity index (χ1) is 6.61. The number of pyridine rings is 1. The van der Waals surface area contributed by atoms with Crippen LogP contribution >= 0.6 is 11.6 Å². The van der Waals surface area contributed by atoms with Crippen molar-refractivity contribution in [3.63, 3.8) is 0 Å². The number of hydrogen-bond donors (Lipinski definition) is 0. The molecule has 1 heterocycles. The normalized spacial score (nSPS) is 10.6. The van der Waals surface area contributed by atoms with Gasteiger partial charge in [0.15, 0.2) is 0 Å². The largest absolute Gasteiger partial charge is 0.477 e. The lowest BCUT2D eigenvalue weighted by Crippen LogP contribution is -2.06. The van der Waals surface area contributed by atoms with Crippen LogP contribution in [0.4, 0.5) is 0 Å². The number of aromatic nitrogens is 1. The molecule has 0 unspecified atom stereocenters. The molecule has 3 heteroatoms. The number of nitrogens with zero attached hydrogens (tertiary/aromatic N) is 1. The lowest BCUT2D eigenvalue weighted by molar-refractivity contribution is 0.261. The van der Waals surface area contributed by atoms with Crippen molar-refractivity contribution in [3.05, 3.63) is 23.4 Å². The van der Waals surface area contributed by atoms with Gasteiger partial charge in [-0.05, 0) is 24.5 Å². The van der Waals surface area contributed by atoms with Gasteiger partial charge in [0.25, 0.3) is 0 Å². The molecule has 0 saturated carbocycles. The van der Waals surface area contributed by atoms with Crippen molar-refractivity contribution in [2.24, 2.45) is 5.92 Å². The second-order valence-electron chi connectivity index (χ2n) is 3.79. The number of ether oxygens (including phenoxy) is 1. The fraction of sp³-hybridized carbons (Fsp3) is 0.545. The molecule has 0 atom stereocenters. The molecule has 0 bridgehead atoms. The summed E-state index contributed by atoms with van der Waals surface area (Å²) < 4.78 is 5.52. The predicted octanol–water partition coefficient (Wildman–Crippen LogP) is 3.16. The molecule has 0 saturated heterocycles. The van der Waals surface area contributed by atoms with Crippen molar-refractivity contribution in [3.8, 4) is 5.88 Å². The second-order valence-corrected chi connectivity index (χ2v) is 4.06. The SMILES string of the molecule is Cc1cc(CCl)cc(OCC(C)C)n1. The first-order valence-corrected chi connectivity index (χ1v) is 5.31. The predicted molar refractivity (Wildman–Crippen MR) is 58.9 cm³/mol. The van der Waals surface area contributed by atoms with Gasteiger partial charge in [-0.25, -0.2) is 4.98 Å². The summed E-state index contributed by atoms with van der Waals surface area (Å²) >= 11 is 5.75. The highest BCUT2D eigenvalue weighted by molar-refractivity contribution is 6.17. The van der Waals surface area contributed by atoms with Gasteiger partial charge in [0.2, 0.25) is 5.88 Å². The summed E-state index contributed by atoms with van der Waals surface area (Å²) in [5.74, 6) is 1.69. The maximum Gasteiger partial charge on any atom is 0.213 e. The first kappa shape index (κ1) is 11.3. The zero-order valence-corrected chi connectivity index (χ0v) is 9.64. The minimum atomic E-state index is 0.501. The molecule has 1 aromatic heterocycles. The lowest BCUT2D eigenvalue weighted by atomic mass is 10.2. The number of rotatable bonds is 4.